The number of nitrogens with zero attached hydrogens (tertiary/aromatic N) is 2. The minimum absolute atomic E-state index is 0.109. The van der Waals surface area contributed by atoms with Crippen LogP contribution in [0, 0.1) is 0 Å². The number of rotatable bonds is 6. The maximum absolute atomic E-state index is 12.8. The number of carbonyl (C=O) groups excluding carboxylic acids is 2. The lowest BCUT2D eigenvalue weighted by molar-refractivity contribution is -0.116. The Morgan fingerprint density at radius 1 is 1.07 bits per heavy atom. The molecule has 0 bridgehead atoms. The number of carboxylic acids is 1. The fraction of sp³-hybridized carbons (Fsp3) is 0.0526. The molecule has 0 saturated carbocycles. The van der Waals surface area contributed by atoms with Gasteiger partial charge in [0.25, 0.3) is 0 Å². The number of hydrogen-bond donors (Lipinski definition) is 2. The predicted octanol–water partition coefficient (Wildman–Crippen LogP) is 3.10. The van der Waals surface area contributed by atoms with Gasteiger partial charge in [-0.25, -0.2) is 9.48 Å². The summed E-state index contributed by atoms with van der Waals surface area (Å²) in [5.74, 6) is -2.00. The van der Waals surface area contributed by atoms with Crippen molar-refractivity contribution in [3.05, 3.63) is 82.6 Å². The highest BCUT2D eigenvalue weighted by atomic mass is 35.5. The summed E-state index contributed by atoms with van der Waals surface area (Å²) in [6.45, 7) is -0.309. The number of nitrogens with one attached hydrogen (secondary N) is 1. The van der Waals surface area contributed by atoms with Crippen molar-refractivity contribution in [1.82, 2.24) is 9.78 Å². The Balaban J connectivity index is 1.85. The standard InChI is InChI=1S/C19H14ClN3O4/c20-13-6-7-15(14(10-13)18(25)12-4-2-1-3-5-12)22-17(24)11-23-16(19(26)27)8-9-21-23/h1-10H,11H2,(H,22,24)(H,26,27). The largest absolute Gasteiger partial charge is 0.477 e. The number of carboxylic acid groups (broad SMARTS) is 1. The van der Waals surface area contributed by atoms with Gasteiger partial charge in [0.2, 0.25) is 5.91 Å². The van der Waals surface area contributed by atoms with Crippen LogP contribution in [0.25, 0.3) is 0 Å². The Hall–Kier alpha value is -3.45. The van der Waals surface area contributed by atoms with Crippen LogP contribution in [0.5, 0.6) is 0 Å². The Morgan fingerprint density at radius 2 is 1.81 bits per heavy atom. The highest BCUT2D eigenvalue weighted by Crippen LogP contribution is 2.24. The van der Waals surface area contributed by atoms with Crippen LogP contribution in [0.4, 0.5) is 5.69 Å². The van der Waals surface area contributed by atoms with E-state index in [-0.39, 0.29) is 29.3 Å². The quantitative estimate of drug-likeness (QED) is 0.637. The molecule has 1 amide bonds. The summed E-state index contributed by atoms with van der Waals surface area (Å²) in [6, 6.07) is 14.4. The highest BCUT2D eigenvalue weighted by Gasteiger charge is 2.18. The van der Waals surface area contributed by atoms with E-state index >= 15 is 0 Å². The monoisotopic (exact) mass is 383 g/mol. The number of carbonyl (C=O) groups is 3. The van der Waals surface area contributed by atoms with E-state index in [1.165, 1.54) is 24.4 Å². The first-order chi connectivity index (χ1) is 13.0. The van der Waals surface area contributed by atoms with Crippen molar-refractivity contribution >= 4 is 34.9 Å². The van der Waals surface area contributed by atoms with E-state index in [0.29, 0.717) is 10.6 Å². The van der Waals surface area contributed by atoms with Crippen molar-refractivity contribution in [2.24, 2.45) is 0 Å². The van der Waals surface area contributed by atoms with Crippen molar-refractivity contribution in [3.63, 3.8) is 0 Å². The molecule has 0 saturated heterocycles. The summed E-state index contributed by atoms with van der Waals surface area (Å²) in [6.07, 6.45) is 1.30. The minimum Gasteiger partial charge on any atom is -0.477 e. The Kier molecular flexibility index (Phi) is 5.33. The van der Waals surface area contributed by atoms with Gasteiger partial charge >= 0.3 is 5.97 Å². The molecule has 0 spiro atoms. The minimum atomic E-state index is -1.19. The molecule has 3 aromatic rings. The van der Waals surface area contributed by atoms with Gasteiger partial charge in [0.1, 0.15) is 12.2 Å². The normalized spacial score (nSPS) is 10.4. The molecule has 0 aliphatic heterocycles. The number of ketones is 1. The second-order valence-electron chi connectivity index (χ2n) is 5.61. The van der Waals surface area contributed by atoms with E-state index in [1.54, 1.807) is 36.4 Å². The summed E-state index contributed by atoms with van der Waals surface area (Å²) in [7, 11) is 0. The average molecular weight is 384 g/mol. The molecule has 2 N–H and O–H groups in total. The predicted molar refractivity (Wildman–Crippen MR) is 99.1 cm³/mol. The third-order valence-electron chi connectivity index (χ3n) is 3.77. The van der Waals surface area contributed by atoms with E-state index in [0.717, 1.165) is 4.68 Å². The van der Waals surface area contributed by atoms with Crippen LogP contribution in [0.3, 0.4) is 0 Å². The number of aromatic nitrogens is 2. The molecule has 0 aliphatic rings. The summed E-state index contributed by atoms with van der Waals surface area (Å²) in [5.41, 5.74) is 0.862. The second kappa shape index (κ2) is 7.84. The molecule has 1 heterocycles. The van der Waals surface area contributed by atoms with Gasteiger partial charge in [-0.05, 0) is 24.3 Å². The summed E-state index contributed by atoms with van der Waals surface area (Å²) < 4.78 is 1.06. The molecule has 0 fully saturated rings. The molecular formula is C19H14ClN3O4. The maximum Gasteiger partial charge on any atom is 0.354 e. The molecule has 136 valence electrons. The first-order valence-corrected chi connectivity index (χ1v) is 8.28. The van der Waals surface area contributed by atoms with Crippen LogP contribution < -0.4 is 5.32 Å². The van der Waals surface area contributed by atoms with Gasteiger partial charge in [0, 0.05) is 22.3 Å². The van der Waals surface area contributed by atoms with E-state index in [1.807, 2.05) is 0 Å². The van der Waals surface area contributed by atoms with Gasteiger partial charge < -0.3 is 10.4 Å². The Labute approximate surface area is 159 Å². The van der Waals surface area contributed by atoms with Crippen LogP contribution in [0.15, 0.2) is 60.8 Å². The lowest BCUT2D eigenvalue weighted by Gasteiger charge is -2.12. The van der Waals surface area contributed by atoms with Crippen molar-refractivity contribution < 1.29 is 19.5 Å². The zero-order valence-electron chi connectivity index (χ0n) is 13.9. The summed E-state index contributed by atoms with van der Waals surface area (Å²) in [5, 5.41) is 15.9. The molecule has 0 unspecified atom stereocenters. The van der Waals surface area contributed by atoms with E-state index < -0.39 is 11.9 Å². The molecular weight excluding hydrogens is 370 g/mol. The van der Waals surface area contributed by atoms with E-state index in [4.69, 9.17) is 16.7 Å². The third kappa shape index (κ3) is 4.21. The number of hydrogen-bond acceptors (Lipinski definition) is 4. The summed E-state index contributed by atoms with van der Waals surface area (Å²) in [4.78, 5) is 36.2. The zero-order chi connectivity index (χ0) is 19.4. The molecule has 2 aromatic carbocycles. The van der Waals surface area contributed by atoms with Gasteiger partial charge in [-0.15, -0.1) is 0 Å². The molecule has 27 heavy (non-hydrogen) atoms. The van der Waals surface area contributed by atoms with Crippen molar-refractivity contribution in [1.29, 1.82) is 0 Å². The van der Waals surface area contributed by atoms with Crippen molar-refractivity contribution in [2.75, 3.05) is 5.32 Å². The van der Waals surface area contributed by atoms with Crippen LogP contribution in [0.1, 0.15) is 26.4 Å². The van der Waals surface area contributed by atoms with Crippen molar-refractivity contribution in [3.8, 4) is 0 Å². The number of halogens is 1. The topological polar surface area (TPSA) is 101 Å². The number of amides is 1. The zero-order valence-corrected chi connectivity index (χ0v) is 14.7. The van der Waals surface area contributed by atoms with Gasteiger partial charge in [-0.2, -0.15) is 5.10 Å². The van der Waals surface area contributed by atoms with Gasteiger partial charge in [-0.3, -0.25) is 9.59 Å². The second-order valence-corrected chi connectivity index (χ2v) is 6.05. The number of benzene rings is 2. The highest BCUT2D eigenvalue weighted by molar-refractivity contribution is 6.31. The molecule has 0 radical (unpaired) electrons. The Morgan fingerprint density at radius 3 is 2.52 bits per heavy atom. The fourth-order valence-corrected chi connectivity index (χ4v) is 2.70. The lowest BCUT2D eigenvalue weighted by atomic mass is 10.0. The van der Waals surface area contributed by atoms with Gasteiger partial charge in [0.15, 0.2) is 5.78 Å². The van der Waals surface area contributed by atoms with Gasteiger partial charge in [0.05, 0.1) is 5.69 Å². The maximum atomic E-state index is 12.8. The molecule has 8 heteroatoms. The van der Waals surface area contributed by atoms with Crippen LogP contribution in [-0.4, -0.2) is 32.5 Å². The molecule has 7 nitrogen and oxygen atoms in total. The number of anilines is 1. The number of aromatic carboxylic acids is 1. The van der Waals surface area contributed by atoms with Crippen LogP contribution >= 0.6 is 11.6 Å². The fourth-order valence-electron chi connectivity index (χ4n) is 2.52. The first-order valence-electron chi connectivity index (χ1n) is 7.90. The van der Waals surface area contributed by atoms with E-state index in [9.17, 15) is 14.4 Å². The molecule has 0 aliphatic carbocycles. The smallest absolute Gasteiger partial charge is 0.354 e. The lowest BCUT2D eigenvalue weighted by Crippen LogP contribution is -2.23. The van der Waals surface area contributed by atoms with Gasteiger partial charge in [-0.1, -0.05) is 41.9 Å². The SMILES string of the molecule is O=C(Cn1nccc1C(=O)O)Nc1ccc(Cl)cc1C(=O)c1ccccc1. The molecule has 0 atom stereocenters. The molecule has 1 aromatic heterocycles. The van der Waals surface area contributed by atoms with Crippen LogP contribution in [-0.2, 0) is 11.3 Å². The first kappa shape index (κ1) is 18.3. The molecule has 3 rings (SSSR count). The van der Waals surface area contributed by atoms with Crippen LogP contribution in [0.2, 0.25) is 5.02 Å². The van der Waals surface area contributed by atoms with E-state index in [2.05, 4.69) is 10.4 Å². The Bertz CT molecular complexity index is 1010. The third-order valence-corrected chi connectivity index (χ3v) is 4.00. The van der Waals surface area contributed by atoms with Crippen molar-refractivity contribution in [2.45, 2.75) is 6.54 Å². The average Bonchev–Trinajstić information content (AvgIpc) is 3.11. The summed E-state index contributed by atoms with van der Waals surface area (Å²) >= 11 is 6.01.